The maximum atomic E-state index is 13.1. The molecule has 128 valence electrons. The van der Waals surface area contributed by atoms with Gasteiger partial charge in [-0.3, -0.25) is 0 Å². The Morgan fingerprint density at radius 2 is 2.00 bits per heavy atom. The Morgan fingerprint density at radius 3 is 2.72 bits per heavy atom. The highest BCUT2D eigenvalue weighted by atomic mass is 19.1. The molecule has 0 unspecified atom stereocenters. The molecule has 0 atom stereocenters. The van der Waals surface area contributed by atoms with Crippen molar-refractivity contribution in [2.45, 2.75) is 6.61 Å². The van der Waals surface area contributed by atoms with Gasteiger partial charge in [0, 0.05) is 28.8 Å². The summed E-state index contributed by atoms with van der Waals surface area (Å²) >= 11 is 0. The molecule has 6 nitrogen and oxygen atoms in total. The zero-order valence-corrected chi connectivity index (χ0v) is 13.2. The Hall–Kier alpha value is -3.35. The molecule has 1 heterocycles. The maximum Gasteiger partial charge on any atom is 0.340 e. The SMILES string of the molecule is COc1ccc2c(COC(=O)c3ccc(F)cc3N)cc(=O)oc2c1. The van der Waals surface area contributed by atoms with Crippen LogP contribution in [0.1, 0.15) is 15.9 Å². The van der Waals surface area contributed by atoms with Crippen LogP contribution < -0.4 is 16.1 Å². The van der Waals surface area contributed by atoms with Crippen LogP contribution >= 0.6 is 0 Å². The smallest absolute Gasteiger partial charge is 0.340 e. The highest BCUT2D eigenvalue weighted by molar-refractivity contribution is 5.95. The van der Waals surface area contributed by atoms with Crippen molar-refractivity contribution in [2.75, 3.05) is 12.8 Å². The van der Waals surface area contributed by atoms with E-state index in [1.165, 1.54) is 19.2 Å². The standard InChI is InChI=1S/C18H14FNO5/c1-23-12-3-5-13-10(6-17(21)25-16(13)8-12)9-24-18(22)14-4-2-11(19)7-15(14)20/h2-8H,9,20H2,1H3. The molecule has 0 spiro atoms. The fraction of sp³-hybridized carbons (Fsp3) is 0.111. The van der Waals surface area contributed by atoms with Gasteiger partial charge in [0.15, 0.2) is 0 Å². The highest BCUT2D eigenvalue weighted by Crippen LogP contribution is 2.23. The number of methoxy groups -OCH3 is 1. The number of esters is 1. The van der Waals surface area contributed by atoms with Crippen LogP contribution in [0.3, 0.4) is 0 Å². The lowest BCUT2D eigenvalue weighted by Gasteiger charge is -2.09. The third-order valence-corrected chi connectivity index (χ3v) is 3.63. The number of hydrogen-bond donors (Lipinski definition) is 1. The molecule has 3 rings (SSSR count). The number of ether oxygens (including phenoxy) is 2. The Bertz CT molecular complexity index is 1010. The molecule has 0 fully saturated rings. The van der Waals surface area contributed by atoms with Gasteiger partial charge >= 0.3 is 11.6 Å². The summed E-state index contributed by atoms with van der Waals surface area (Å²) in [5.74, 6) is -0.731. The normalized spacial score (nSPS) is 10.6. The number of carbonyl (C=O) groups excluding carboxylic acids is 1. The van der Waals surface area contributed by atoms with Gasteiger partial charge in [-0.15, -0.1) is 0 Å². The van der Waals surface area contributed by atoms with E-state index in [-0.39, 0.29) is 17.9 Å². The topological polar surface area (TPSA) is 91.8 Å². The summed E-state index contributed by atoms with van der Waals surface area (Å²) in [5.41, 5.74) is 5.87. The van der Waals surface area contributed by atoms with E-state index in [1.54, 1.807) is 18.2 Å². The summed E-state index contributed by atoms with van der Waals surface area (Å²) in [7, 11) is 1.50. The summed E-state index contributed by atoms with van der Waals surface area (Å²) in [5, 5.41) is 0.611. The first kappa shape index (κ1) is 16.5. The molecule has 0 radical (unpaired) electrons. The largest absolute Gasteiger partial charge is 0.497 e. The van der Waals surface area contributed by atoms with Crippen molar-refractivity contribution >= 4 is 22.6 Å². The van der Waals surface area contributed by atoms with Crippen LogP contribution in [0.15, 0.2) is 51.7 Å². The quantitative estimate of drug-likeness (QED) is 0.445. The van der Waals surface area contributed by atoms with E-state index >= 15 is 0 Å². The molecule has 0 saturated carbocycles. The number of nitrogens with two attached hydrogens (primary N) is 1. The lowest BCUT2D eigenvalue weighted by molar-refractivity contribution is 0.0475. The summed E-state index contributed by atoms with van der Waals surface area (Å²) in [6.45, 7) is -0.163. The summed E-state index contributed by atoms with van der Waals surface area (Å²) < 4.78 is 28.5. The zero-order chi connectivity index (χ0) is 18.0. The van der Waals surface area contributed by atoms with Crippen LogP contribution in [-0.4, -0.2) is 13.1 Å². The molecule has 2 aromatic carbocycles. The molecular formula is C18H14FNO5. The Balaban J connectivity index is 1.88. The molecule has 1 aromatic heterocycles. The number of carbonyl (C=O) groups is 1. The highest BCUT2D eigenvalue weighted by Gasteiger charge is 2.14. The minimum absolute atomic E-state index is 0.0211. The molecule has 0 amide bonds. The van der Waals surface area contributed by atoms with Gasteiger partial charge in [-0.1, -0.05) is 0 Å². The van der Waals surface area contributed by atoms with E-state index in [2.05, 4.69) is 0 Å². The molecule has 0 bridgehead atoms. The molecule has 7 heteroatoms. The van der Waals surface area contributed by atoms with Gasteiger partial charge in [-0.05, 0) is 30.3 Å². The monoisotopic (exact) mass is 343 g/mol. The third kappa shape index (κ3) is 3.45. The lowest BCUT2D eigenvalue weighted by atomic mass is 10.1. The number of anilines is 1. The van der Waals surface area contributed by atoms with Crippen molar-refractivity contribution in [1.29, 1.82) is 0 Å². The summed E-state index contributed by atoms with van der Waals surface area (Å²) in [6.07, 6.45) is 0. The van der Waals surface area contributed by atoms with E-state index in [9.17, 15) is 14.0 Å². The fourth-order valence-electron chi connectivity index (χ4n) is 2.40. The second-order valence-electron chi connectivity index (χ2n) is 5.26. The first-order chi connectivity index (χ1) is 12.0. The van der Waals surface area contributed by atoms with Gasteiger partial charge in [0.2, 0.25) is 0 Å². The van der Waals surface area contributed by atoms with Gasteiger partial charge in [0.25, 0.3) is 0 Å². The minimum Gasteiger partial charge on any atom is -0.497 e. The number of nitrogen functional groups attached to an aromatic ring is 1. The van der Waals surface area contributed by atoms with Crippen LogP contribution in [0.25, 0.3) is 11.0 Å². The number of halogens is 1. The average molecular weight is 343 g/mol. The van der Waals surface area contributed by atoms with Crippen molar-refractivity contribution in [3.8, 4) is 5.75 Å². The molecule has 0 aliphatic heterocycles. The molecule has 0 aliphatic carbocycles. The van der Waals surface area contributed by atoms with E-state index in [0.717, 1.165) is 12.1 Å². The van der Waals surface area contributed by atoms with Gasteiger partial charge in [-0.25, -0.2) is 14.0 Å². The molecule has 25 heavy (non-hydrogen) atoms. The Kier molecular flexibility index (Phi) is 4.38. The van der Waals surface area contributed by atoms with Gasteiger partial charge in [0.05, 0.1) is 12.7 Å². The van der Waals surface area contributed by atoms with Gasteiger partial charge in [0.1, 0.15) is 23.8 Å². The molecule has 3 aromatic rings. The van der Waals surface area contributed by atoms with Gasteiger partial charge in [-0.2, -0.15) is 0 Å². The van der Waals surface area contributed by atoms with Crippen LogP contribution in [0, 0.1) is 5.82 Å². The van der Waals surface area contributed by atoms with Crippen molar-refractivity contribution in [2.24, 2.45) is 0 Å². The van der Waals surface area contributed by atoms with Crippen molar-refractivity contribution in [3.05, 3.63) is 69.8 Å². The van der Waals surface area contributed by atoms with Crippen LogP contribution in [-0.2, 0) is 11.3 Å². The van der Waals surface area contributed by atoms with E-state index in [1.807, 2.05) is 0 Å². The number of fused-ring (bicyclic) bond motifs is 1. The predicted molar refractivity (Wildman–Crippen MR) is 89.0 cm³/mol. The van der Waals surface area contributed by atoms with Crippen LogP contribution in [0.5, 0.6) is 5.75 Å². The average Bonchev–Trinajstić information content (AvgIpc) is 2.58. The first-order valence-electron chi connectivity index (χ1n) is 7.31. The summed E-state index contributed by atoms with van der Waals surface area (Å²) in [6, 6.07) is 9.62. The summed E-state index contributed by atoms with van der Waals surface area (Å²) in [4.78, 5) is 23.8. The second-order valence-corrected chi connectivity index (χ2v) is 5.26. The van der Waals surface area contributed by atoms with Crippen LogP contribution in [0.2, 0.25) is 0 Å². The van der Waals surface area contributed by atoms with E-state index in [4.69, 9.17) is 19.6 Å². The Morgan fingerprint density at radius 1 is 1.20 bits per heavy atom. The minimum atomic E-state index is -0.715. The van der Waals surface area contributed by atoms with Crippen molar-refractivity contribution in [1.82, 2.24) is 0 Å². The zero-order valence-electron chi connectivity index (χ0n) is 13.2. The van der Waals surface area contributed by atoms with E-state index < -0.39 is 17.4 Å². The third-order valence-electron chi connectivity index (χ3n) is 3.63. The molecule has 0 aliphatic rings. The number of rotatable bonds is 4. The molecule has 0 saturated heterocycles. The first-order valence-corrected chi connectivity index (χ1v) is 7.31. The van der Waals surface area contributed by atoms with Crippen molar-refractivity contribution in [3.63, 3.8) is 0 Å². The molecular weight excluding hydrogens is 329 g/mol. The molecule has 2 N–H and O–H groups in total. The van der Waals surface area contributed by atoms with Crippen molar-refractivity contribution < 1.29 is 23.1 Å². The maximum absolute atomic E-state index is 13.1. The second kappa shape index (κ2) is 6.64. The number of benzene rings is 2. The van der Waals surface area contributed by atoms with Gasteiger partial charge < -0.3 is 19.6 Å². The number of hydrogen-bond acceptors (Lipinski definition) is 6. The van der Waals surface area contributed by atoms with E-state index in [0.29, 0.717) is 22.3 Å². The fourth-order valence-corrected chi connectivity index (χ4v) is 2.40. The lowest BCUT2D eigenvalue weighted by Crippen LogP contribution is -2.10. The predicted octanol–water partition coefficient (Wildman–Crippen LogP) is 2.88. The Labute approximate surface area is 141 Å². The van der Waals surface area contributed by atoms with Crippen LogP contribution in [0.4, 0.5) is 10.1 Å².